The number of benzene rings is 2. The first-order chi connectivity index (χ1) is 17.6. The molecule has 0 radical (unpaired) electrons. The zero-order chi connectivity index (χ0) is 26.5. The fraction of sp³-hybridized carbons (Fsp3) is 0.217. The van der Waals surface area contributed by atoms with Crippen LogP contribution in [-0.4, -0.2) is 57.8 Å². The fourth-order valence-corrected chi connectivity index (χ4v) is 5.34. The van der Waals surface area contributed by atoms with Crippen LogP contribution in [0.25, 0.3) is 11.0 Å². The van der Waals surface area contributed by atoms with Gasteiger partial charge in [0, 0.05) is 24.5 Å². The summed E-state index contributed by atoms with van der Waals surface area (Å²) in [5.74, 6) is -0.107. The van der Waals surface area contributed by atoms with Crippen LogP contribution in [0.1, 0.15) is 27.7 Å². The molecule has 3 aromatic rings. The Kier molecular flexibility index (Phi) is 5.75. The van der Waals surface area contributed by atoms with E-state index in [1.165, 1.54) is 24.3 Å². The number of amides is 5. The zero-order valence-corrected chi connectivity index (χ0v) is 20.4. The molecule has 4 heterocycles. The summed E-state index contributed by atoms with van der Waals surface area (Å²) in [6.45, 7) is 0.401. The van der Waals surface area contributed by atoms with E-state index >= 15 is 0 Å². The summed E-state index contributed by atoms with van der Waals surface area (Å²) in [6.07, 6.45) is 0. The van der Waals surface area contributed by atoms with Gasteiger partial charge in [-0.1, -0.05) is 6.07 Å². The van der Waals surface area contributed by atoms with Gasteiger partial charge in [-0.2, -0.15) is 8.42 Å². The molecule has 0 saturated carbocycles. The maximum atomic E-state index is 11.9. The smallest absolute Gasteiger partial charge is 0.326 e. The van der Waals surface area contributed by atoms with E-state index in [-0.39, 0.29) is 23.9 Å². The molecule has 0 spiro atoms. The van der Waals surface area contributed by atoms with Crippen LogP contribution in [-0.2, 0) is 26.3 Å². The molecule has 2 aromatic carbocycles. The fourth-order valence-electron chi connectivity index (χ4n) is 4.19. The van der Waals surface area contributed by atoms with Gasteiger partial charge in [0.2, 0.25) is 0 Å². The first kappa shape index (κ1) is 24.1. The first-order valence-corrected chi connectivity index (χ1v) is 12.4. The van der Waals surface area contributed by atoms with Crippen molar-refractivity contribution < 1.29 is 36.7 Å². The highest BCUT2D eigenvalue weighted by Crippen LogP contribution is 2.30. The molecule has 14 heteroatoms. The molecule has 3 aliphatic rings. The SMILES string of the molecule is COc1ccc2c(c1)C(=O)N(C)C2.O=C1CN(c2ccc3oc(C4NC(=O)NC4=O)cc3c2)S(=O)(=O)N1. The first-order valence-electron chi connectivity index (χ1n) is 11.0. The van der Waals surface area contributed by atoms with Gasteiger partial charge in [0.25, 0.3) is 17.7 Å². The molecule has 1 atom stereocenters. The van der Waals surface area contributed by atoms with Gasteiger partial charge in [0.05, 0.1) is 12.8 Å². The van der Waals surface area contributed by atoms with Gasteiger partial charge in [-0.05, 0) is 42.0 Å². The molecule has 0 bridgehead atoms. The van der Waals surface area contributed by atoms with Crippen molar-refractivity contribution in [2.75, 3.05) is 25.0 Å². The van der Waals surface area contributed by atoms with Gasteiger partial charge >= 0.3 is 16.2 Å². The predicted octanol–water partition coefficient (Wildman–Crippen LogP) is 0.775. The standard InChI is InChI=1S/C13H10N4O6S.C10H11NO2/c18-10-5-17(24(21,22)16-10)7-1-2-8-6(3-7)4-9(23-8)11-12(19)15-13(20)14-11;1-11-6-7-3-4-8(13-2)5-9(7)10(11)12/h1-4,11H,5H2,(H,16,18)(H2,14,15,19,20);3-5H,6H2,1-2H3. The number of hydrogen-bond donors (Lipinski definition) is 3. The van der Waals surface area contributed by atoms with Gasteiger partial charge in [-0.15, -0.1) is 0 Å². The molecule has 3 aliphatic heterocycles. The summed E-state index contributed by atoms with van der Waals surface area (Å²) >= 11 is 0. The second-order valence-electron chi connectivity index (χ2n) is 8.49. The maximum Gasteiger partial charge on any atom is 0.326 e. The third-order valence-corrected chi connectivity index (χ3v) is 7.39. The lowest BCUT2D eigenvalue weighted by Crippen LogP contribution is -2.29. The number of carbonyl (C=O) groups excluding carboxylic acids is 4. The van der Waals surface area contributed by atoms with Crippen LogP contribution in [0.5, 0.6) is 5.75 Å². The molecule has 13 nitrogen and oxygen atoms in total. The summed E-state index contributed by atoms with van der Waals surface area (Å²) in [6, 6.07) is 10.1. The number of imide groups is 1. The molecule has 192 valence electrons. The minimum absolute atomic E-state index is 0.0777. The number of anilines is 1. The van der Waals surface area contributed by atoms with E-state index in [4.69, 9.17) is 9.15 Å². The van der Waals surface area contributed by atoms with Crippen LogP contribution < -0.4 is 24.4 Å². The van der Waals surface area contributed by atoms with Gasteiger partial charge < -0.3 is 19.4 Å². The second-order valence-corrected chi connectivity index (χ2v) is 10.1. The van der Waals surface area contributed by atoms with E-state index in [9.17, 15) is 27.6 Å². The molecule has 1 unspecified atom stereocenters. The monoisotopic (exact) mass is 527 g/mol. The van der Waals surface area contributed by atoms with Crippen molar-refractivity contribution in [2.24, 2.45) is 0 Å². The average Bonchev–Trinajstić information content (AvgIpc) is 3.57. The number of ether oxygens (including phenoxy) is 1. The number of fused-ring (bicyclic) bond motifs is 2. The number of furan rings is 1. The lowest BCUT2D eigenvalue weighted by atomic mass is 10.1. The van der Waals surface area contributed by atoms with Crippen molar-refractivity contribution in [3.05, 3.63) is 59.4 Å². The Balaban J connectivity index is 0.000000182. The van der Waals surface area contributed by atoms with Gasteiger partial charge in [0.15, 0.2) is 6.04 Å². The van der Waals surface area contributed by atoms with Crippen LogP contribution >= 0.6 is 0 Å². The van der Waals surface area contributed by atoms with E-state index in [1.807, 2.05) is 16.9 Å². The average molecular weight is 528 g/mol. The van der Waals surface area contributed by atoms with Gasteiger partial charge in [-0.25, -0.2) is 13.8 Å². The summed E-state index contributed by atoms with van der Waals surface area (Å²) in [5, 5.41) is 5.05. The highest BCUT2D eigenvalue weighted by molar-refractivity contribution is 7.92. The highest BCUT2D eigenvalue weighted by atomic mass is 32.2. The summed E-state index contributed by atoms with van der Waals surface area (Å²) in [5.41, 5.74) is 2.54. The Morgan fingerprint density at radius 1 is 1.03 bits per heavy atom. The van der Waals surface area contributed by atoms with E-state index in [1.54, 1.807) is 25.1 Å². The molecule has 1 aromatic heterocycles. The Bertz CT molecular complexity index is 1580. The molecule has 3 N–H and O–H groups in total. The van der Waals surface area contributed by atoms with Crippen molar-refractivity contribution in [1.82, 2.24) is 20.3 Å². The van der Waals surface area contributed by atoms with E-state index < -0.39 is 34.1 Å². The summed E-state index contributed by atoms with van der Waals surface area (Å²) in [7, 11) is -0.498. The Hall–Kier alpha value is -4.59. The molecule has 2 saturated heterocycles. The molecule has 0 aliphatic carbocycles. The molecule has 37 heavy (non-hydrogen) atoms. The molecular formula is C23H21N5O8S. The van der Waals surface area contributed by atoms with Crippen LogP contribution in [0.2, 0.25) is 0 Å². The van der Waals surface area contributed by atoms with E-state index in [2.05, 4.69) is 10.6 Å². The second kappa shape index (κ2) is 8.81. The summed E-state index contributed by atoms with van der Waals surface area (Å²) in [4.78, 5) is 47.4. The van der Waals surface area contributed by atoms with Crippen molar-refractivity contribution in [1.29, 1.82) is 0 Å². The largest absolute Gasteiger partial charge is 0.497 e. The Labute approximate surface area is 210 Å². The van der Waals surface area contributed by atoms with Crippen LogP contribution in [0.3, 0.4) is 0 Å². The lowest BCUT2D eigenvalue weighted by Gasteiger charge is -2.14. The minimum Gasteiger partial charge on any atom is -0.497 e. The van der Waals surface area contributed by atoms with Crippen molar-refractivity contribution >= 4 is 50.6 Å². The predicted molar refractivity (Wildman–Crippen MR) is 129 cm³/mol. The molecule has 2 fully saturated rings. The number of rotatable bonds is 3. The van der Waals surface area contributed by atoms with Gasteiger partial charge in [-0.3, -0.25) is 19.7 Å². The number of urea groups is 1. The normalized spacial score (nSPS) is 19.8. The molecule has 5 amide bonds. The number of methoxy groups -OCH3 is 1. The van der Waals surface area contributed by atoms with E-state index in [0.717, 1.165) is 21.2 Å². The summed E-state index contributed by atoms with van der Waals surface area (Å²) < 4.78 is 37.2. The van der Waals surface area contributed by atoms with Crippen molar-refractivity contribution in [3.63, 3.8) is 0 Å². The third kappa shape index (κ3) is 4.42. The van der Waals surface area contributed by atoms with Crippen LogP contribution in [0, 0.1) is 0 Å². The van der Waals surface area contributed by atoms with Crippen LogP contribution in [0.15, 0.2) is 46.9 Å². The zero-order valence-electron chi connectivity index (χ0n) is 19.6. The Morgan fingerprint density at radius 2 is 1.81 bits per heavy atom. The Morgan fingerprint density at radius 3 is 2.46 bits per heavy atom. The number of carbonyl (C=O) groups is 4. The quantitative estimate of drug-likeness (QED) is 0.420. The molecule has 6 rings (SSSR count). The van der Waals surface area contributed by atoms with Crippen molar-refractivity contribution in [3.8, 4) is 5.75 Å². The van der Waals surface area contributed by atoms with Crippen LogP contribution in [0.4, 0.5) is 10.5 Å². The third-order valence-electron chi connectivity index (χ3n) is 5.99. The number of nitrogens with one attached hydrogen (secondary N) is 3. The maximum absolute atomic E-state index is 11.9. The minimum atomic E-state index is -3.90. The lowest BCUT2D eigenvalue weighted by molar-refractivity contribution is -0.120. The molecular weight excluding hydrogens is 506 g/mol. The highest BCUT2D eigenvalue weighted by Gasteiger charge is 2.35. The topological polar surface area (TPSA) is 167 Å². The van der Waals surface area contributed by atoms with Crippen molar-refractivity contribution in [2.45, 2.75) is 12.6 Å². The number of hydrogen-bond acceptors (Lipinski definition) is 8. The van der Waals surface area contributed by atoms with Gasteiger partial charge in [0.1, 0.15) is 23.6 Å². The van der Waals surface area contributed by atoms with E-state index in [0.29, 0.717) is 17.5 Å². The number of nitrogens with zero attached hydrogens (tertiary/aromatic N) is 2.